The molecule has 3 N–H and O–H groups in total. The van der Waals surface area contributed by atoms with Crippen LogP contribution >= 0.6 is 0 Å². The lowest BCUT2D eigenvalue weighted by Crippen LogP contribution is -2.55. The van der Waals surface area contributed by atoms with E-state index >= 15 is 0 Å². The highest BCUT2D eigenvalue weighted by molar-refractivity contribution is 7.90. The number of rotatable bonds is 26. The van der Waals surface area contributed by atoms with Gasteiger partial charge in [0.1, 0.15) is 11.7 Å². The number of methoxy groups -OCH3 is 2. The lowest BCUT2D eigenvalue weighted by atomic mass is 9.90. The van der Waals surface area contributed by atoms with Crippen molar-refractivity contribution < 1.29 is 46.7 Å². The van der Waals surface area contributed by atoms with Gasteiger partial charge < -0.3 is 34.4 Å². The molecule has 1 aromatic heterocycles. The Bertz CT molecular complexity index is 2220. The molecule has 1 saturated heterocycles. The van der Waals surface area contributed by atoms with Crippen LogP contribution in [0.4, 0.5) is 0 Å². The number of carbonyl (C=O) groups excluding carboxylic acids is 6. The van der Waals surface area contributed by atoms with Gasteiger partial charge in [-0.3, -0.25) is 48.5 Å². The first-order valence-corrected chi connectivity index (χ1v) is 25.1. The Morgan fingerprint density at radius 3 is 2.23 bits per heavy atom. The van der Waals surface area contributed by atoms with Crippen molar-refractivity contribution in [3.8, 4) is 0 Å². The highest BCUT2D eigenvalue weighted by Crippen LogP contribution is 2.30. The number of likely N-dealkylation sites (tertiary alicyclic amines) is 1. The zero-order valence-corrected chi connectivity index (χ0v) is 42.6. The summed E-state index contributed by atoms with van der Waals surface area (Å²) < 4.78 is 42.0. The van der Waals surface area contributed by atoms with Crippen molar-refractivity contribution in [3.05, 3.63) is 59.9 Å². The zero-order valence-electron chi connectivity index (χ0n) is 41.8. The molecule has 3 heterocycles. The van der Waals surface area contributed by atoms with Crippen molar-refractivity contribution in [1.29, 1.82) is 5.41 Å². The summed E-state index contributed by atoms with van der Waals surface area (Å²) in [6.07, 6.45) is 4.55. The summed E-state index contributed by atoms with van der Waals surface area (Å²) in [7, 11) is 5.96. The van der Waals surface area contributed by atoms with Crippen LogP contribution in [0.1, 0.15) is 77.5 Å². The summed E-state index contributed by atoms with van der Waals surface area (Å²) in [4.78, 5) is 87.7. The van der Waals surface area contributed by atoms with Crippen LogP contribution in [-0.2, 0) is 67.8 Å². The molecule has 1 fully saturated rings. The minimum atomic E-state index is -4.20. The van der Waals surface area contributed by atoms with E-state index in [1.807, 2.05) is 27.8 Å². The topological polar surface area (TPSA) is 250 Å². The van der Waals surface area contributed by atoms with Crippen LogP contribution in [0.3, 0.4) is 0 Å². The third kappa shape index (κ3) is 15.6. The van der Waals surface area contributed by atoms with E-state index in [0.29, 0.717) is 43.1 Å². The van der Waals surface area contributed by atoms with Crippen LogP contribution in [0.5, 0.6) is 0 Å². The fraction of sp³-hybridized carbons (Fsp3) is 0.638. The Labute approximate surface area is 406 Å². The van der Waals surface area contributed by atoms with Crippen molar-refractivity contribution in [1.82, 2.24) is 49.5 Å². The lowest BCUT2D eigenvalue weighted by molar-refractivity contribution is -0.146. The van der Waals surface area contributed by atoms with Crippen molar-refractivity contribution in [3.63, 3.8) is 0 Å². The van der Waals surface area contributed by atoms with Gasteiger partial charge in [-0.1, -0.05) is 69.7 Å². The predicted molar refractivity (Wildman–Crippen MR) is 257 cm³/mol. The third-order valence-corrected chi connectivity index (χ3v) is 14.3. The van der Waals surface area contributed by atoms with Gasteiger partial charge in [0.05, 0.1) is 55.1 Å². The molecule has 382 valence electrons. The molecule has 0 aliphatic carbocycles. The molecule has 22 heteroatoms. The number of hydrogen-bond donors (Lipinski definition) is 3. The first-order valence-electron chi connectivity index (χ1n) is 23.5. The molecule has 8 atom stereocenters. The van der Waals surface area contributed by atoms with Crippen LogP contribution in [0.15, 0.2) is 48.7 Å². The number of nitrogens with zero attached hydrogens (tertiary/aromatic N) is 8. The number of aromatic nitrogens is 3. The van der Waals surface area contributed by atoms with E-state index in [1.165, 1.54) is 25.1 Å². The van der Waals surface area contributed by atoms with E-state index in [9.17, 15) is 37.2 Å². The molecule has 0 bridgehead atoms. The molecule has 69 heavy (non-hydrogen) atoms. The van der Waals surface area contributed by atoms with Gasteiger partial charge in [0.15, 0.2) is 5.96 Å². The Balaban J connectivity index is 1.41. The Morgan fingerprint density at radius 1 is 0.957 bits per heavy atom. The maximum absolute atomic E-state index is 14.3. The number of nitrogens with one attached hydrogen (secondary N) is 3. The van der Waals surface area contributed by atoms with Crippen molar-refractivity contribution in [2.45, 2.75) is 116 Å². The van der Waals surface area contributed by atoms with Crippen LogP contribution < -0.4 is 10.0 Å². The Hall–Kier alpha value is -5.74. The van der Waals surface area contributed by atoms with Crippen LogP contribution in [-0.4, -0.2) is 181 Å². The fourth-order valence-electron chi connectivity index (χ4n) is 9.05. The van der Waals surface area contributed by atoms with Gasteiger partial charge in [-0.25, -0.2) is 8.42 Å². The number of guanidine groups is 1. The van der Waals surface area contributed by atoms with Gasteiger partial charge in [0.2, 0.25) is 27.7 Å². The molecule has 1 aromatic carbocycles. The largest absolute Gasteiger partial charge is 0.379 e. The first-order chi connectivity index (χ1) is 32.6. The fourth-order valence-corrected chi connectivity index (χ4v) is 10.1. The van der Waals surface area contributed by atoms with Crippen molar-refractivity contribution in [2.24, 2.45) is 17.8 Å². The number of hydrogen-bond acceptors (Lipinski definition) is 13. The summed E-state index contributed by atoms with van der Waals surface area (Å²) in [6, 6.07) is 6.62. The summed E-state index contributed by atoms with van der Waals surface area (Å²) in [5, 5.41) is 19.0. The molecule has 6 amide bonds. The molecule has 2 aliphatic rings. The van der Waals surface area contributed by atoms with Crippen molar-refractivity contribution in [2.75, 3.05) is 61.3 Å². The third-order valence-electron chi connectivity index (χ3n) is 13.0. The highest BCUT2D eigenvalue weighted by Gasteiger charge is 2.43. The molecular formula is C47H73N11O10S. The minimum Gasteiger partial charge on any atom is -0.379 e. The smallest absolute Gasteiger partial charge is 0.256 e. The van der Waals surface area contributed by atoms with Crippen LogP contribution in [0.25, 0.3) is 0 Å². The van der Waals surface area contributed by atoms with Crippen molar-refractivity contribution >= 4 is 51.4 Å². The lowest BCUT2D eigenvalue weighted by Gasteiger charge is -2.39. The summed E-state index contributed by atoms with van der Waals surface area (Å²) >= 11 is 0. The van der Waals surface area contributed by atoms with Gasteiger partial charge in [-0.2, -0.15) is 0 Å². The van der Waals surface area contributed by atoms with Crippen LogP contribution in [0, 0.1) is 23.2 Å². The van der Waals surface area contributed by atoms with E-state index in [0.717, 1.165) is 23.5 Å². The van der Waals surface area contributed by atoms with Crippen LogP contribution in [0.2, 0.25) is 0 Å². The zero-order chi connectivity index (χ0) is 51.2. The number of aryl methyl sites for hydroxylation is 1. The van der Waals surface area contributed by atoms with E-state index < -0.39 is 75.7 Å². The van der Waals surface area contributed by atoms with Gasteiger partial charge in [0, 0.05) is 87.0 Å². The SMILES string of the molecule is CC[C@H](C)[C@@H]([C@@H](CC(=O)N1CCC[C@H]1[C@H](OC)[C@@H](C)C(=O)N[C@@H](Cc1ccccc1)C(=O)NS(=O)(=O)CCCn1cc(CN2C(=O)C=CC2=O)nn1)OC)N(C)C(=O)CC(C)CN(C)C(=N)N(C)C. The van der Waals surface area contributed by atoms with Gasteiger partial charge in [0.25, 0.3) is 17.7 Å². The normalized spacial score (nSPS) is 18.0. The summed E-state index contributed by atoms with van der Waals surface area (Å²) in [6.45, 7) is 8.62. The average molecular weight is 984 g/mol. The quantitative estimate of drug-likeness (QED) is 0.0689. The second kappa shape index (κ2) is 25.7. The number of benzene rings is 1. The number of carbonyl (C=O) groups is 6. The maximum atomic E-state index is 14.3. The molecule has 0 radical (unpaired) electrons. The van der Waals surface area contributed by atoms with E-state index in [1.54, 1.807) is 78.0 Å². The first kappa shape index (κ1) is 55.9. The number of imide groups is 1. The number of sulfonamides is 1. The Kier molecular flexibility index (Phi) is 20.8. The van der Waals surface area contributed by atoms with Gasteiger partial charge >= 0.3 is 0 Å². The molecule has 4 rings (SSSR count). The molecule has 0 saturated carbocycles. The second-order valence-corrected chi connectivity index (χ2v) is 20.4. The standard InChI is InChI=1S/C47H73N11O10S/c1-11-32(3)43(55(8)41(61)25-31(2)28-54(7)47(48)53(5)6)38(67-9)27-42(62)57-23-15-19-37(57)44(68-10)33(4)45(63)49-36(26-34-17-13-12-14-18-34)46(64)51-69(65,66)24-16-22-56-29-35(50-52-56)30-58-39(59)20-21-40(58)60/h12-14,17-18,20-21,29,31-33,36-38,43-44,48H,11,15-16,19,22-28,30H2,1-10H3,(H,49,63)(H,51,64)/t31?,32-,33+,36-,37-,38+,43-,44+/m0/s1. The minimum absolute atomic E-state index is 0.0157. The van der Waals surface area contributed by atoms with E-state index in [4.69, 9.17) is 14.9 Å². The number of amides is 6. The number of ether oxygens (including phenoxy) is 2. The van der Waals surface area contributed by atoms with E-state index in [2.05, 4.69) is 20.4 Å². The molecular weight excluding hydrogens is 911 g/mol. The highest BCUT2D eigenvalue weighted by atomic mass is 32.2. The predicted octanol–water partition coefficient (Wildman–Crippen LogP) is 1.64. The average Bonchev–Trinajstić information content (AvgIpc) is 4.06. The second-order valence-electron chi connectivity index (χ2n) is 18.5. The monoisotopic (exact) mass is 984 g/mol. The summed E-state index contributed by atoms with van der Waals surface area (Å²) in [5.41, 5.74) is 1.01. The number of likely N-dealkylation sites (N-methyl/N-ethyl adjacent to an activating group) is 1. The molecule has 2 aromatic rings. The van der Waals surface area contributed by atoms with E-state index in [-0.39, 0.29) is 62.4 Å². The van der Waals surface area contributed by atoms with Gasteiger partial charge in [-0.05, 0) is 36.7 Å². The van der Waals surface area contributed by atoms with Gasteiger partial charge in [-0.15, -0.1) is 5.10 Å². The molecule has 2 aliphatic heterocycles. The Morgan fingerprint density at radius 2 is 1.62 bits per heavy atom. The molecule has 21 nitrogen and oxygen atoms in total. The molecule has 1 unspecified atom stereocenters. The molecule has 0 spiro atoms. The summed E-state index contributed by atoms with van der Waals surface area (Å²) in [5.74, 6) is -3.83. The maximum Gasteiger partial charge on any atom is 0.256 e.